The van der Waals surface area contributed by atoms with Gasteiger partial charge in [0.25, 0.3) is 0 Å². The summed E-state index contributed by atoms with van der Waals surface area (Å²) in [5.41, 5.74) is 2.65. The zero-order valence-electron chi connectivity index (χ0n) is 12.4. The van der Waals surface area contributed by atoms with Crippen molar-refractivity contribution in [1.82, 2.24) is 25.0 Å². The molecule has 2 aromatic rings. The fourth-order valence-corrected chi connectivity index (χ4v) is 3.55. The molecule has 0 radical (unpaired) electrons. The van der Waals surface area contributed by atoms with Gasteiger partial charge in [-0.3, -0.25) is 4.90 Å². The molecule has 0 amide bonds. The number of rotatable bonds is 3. The number of hydrogen-bond donors (Lipinski definition) is 1. The van der Waals surface area contributed by atoms with Crippen molar-refractivity contribution in [3.8, 4) is 0 Å². The number of aryl methyl sites for hydroxylation is 3. The topological polar surface area (TPSA) is 70.8 Å². The minimum Gasteiger partial charge on any atom is -0.344 e. The molecule has 1 aliphatic carbocycles. The molecule has 0 spiro atoms. The summed E-state index contributed by atoms with van der Waals surface area (Å²) in [6.45, 7) is 3.65. The molecule has 0 saturated carbocycles. The third-order valence-corrected chi connectivity index (χ3v) is 4.57. The molecule has 2 aliphatic rings. The summed E-state index contributed by atoms with van der Waals surface area (Å²) < 4.78 is 5.07. The van der Waals surface area contributed by atoms with Crippen molar-refractivity contribution in [1.29, 1.82) is 0 Å². The van der Waals surface area contributed by atoms with E-state index in [1.165, 1.54) is 30.7 Å². The Morgan fingerprint density at radius 3 is 2.95 bits per heavy atom. The lowest BCUT2D eigenvalue weighted by atomic mass is 10.0. The standard InChI is InChI=1S/C15H21N5O/c1-10-16-14(19-21-10)9-20-8-4-7-13(20)15-17-11-5-2-3-6-12(11)18-15/h13H,2-9H2,1H3,(H,17,18)/t13-/m0/s1. The van der Waals surface area contributed by atoms with Crippen molar-refractivity contribution in [2.75, 3.05) is 6.54 Å². The Morgan fingerprint density at radius 2 is 2.14 bits per heavy atom. The number of nitrogens with zero attached hydrogens (tertiary/aromatic N) is 4. The predicted molar refractivity (Wildman–Crippen MR) is 76.6 cm³/mol. The van der Waals surface area contributed by atoms with E-state index in [4.69, 9.17) is 9.51 Å². The van der Waals surface area contributed by atoms with E-state index >= 15 is 0 Å². The van der Waals surface area contributed by atoms with Crippen LogP contribution in [0, 0.1) is 6.92 Å². The van der Waals surface area contributed by atoms with Crippen LogP contribution in [0.5, 0.6) is 0 Å². The van der Waals surface area contributed by atoms with Crippen molar-refractivity contribution in [3.63, 3.8) is 0 Å². The Morgan fingerprint density at radius 1 is 1.24 bits per heavy atom. The predicted octanol–water partition coefficient (Wildman–Crippen LogP) is 2.32. The average molecular weight is 287 g/mol. The zero-order valence-corrected chi connectivity index (χ0v) is 12.4. The minimum atomic E-state index is 0.370. The molecule has 2 aromatic heterocycles. The van der Waals surface area contributed by atoms with Crippen LogP contribution in [-0.2, 0) is 19.4 Å². The first-order valence-corrected chi connectivity index (χ1v) is 7.90. The Labute approximate surface area is 123 Å². The number of likely N-dealkylation sites (tertiary alicyclic amines) is 1. The summed E-state index contributed by atoms with van der Waals surface area (Å²) in [6, 6.07) is 0.370. The van der Waals surface area contributed by atoms with Gasteiger partial charge in [0.05, 0.1) is 18.3 Å². The fourth-order valence-electron chi connectivity index (χ4n) is 3.55. The average Bonchev–Trinajstić information content (AvgIpc) is 3.18. The van der Waals surface area contributed by atoms with Crippen LogP contribution in [0.15, 0.2) is 4.52 Å². The van der Waals surface area contributed by atoms with Gasteiger partial charge in [0.15, 0.2) is 5.82 Å². The van der Waals surface area contributed by atoms with Gasteiger partial charge in [0.2, 0.25) is 5.89 Å². The largest absolute Gasteiger partial charge is 0.344 e. The highest BCUT2D eigenvalue weighted by Crippen LogP contribution is 2.32. The highest BCUT2D eigenvalue weighted by molar-refractivity contribution is 5.19. The minimum absolute atomic E-state index is 0.370. The monoisotopic (exact) mass is 287 g/mol. The molecule has 1 N–H and O–H groups in total. The van der Waals surface area contributed by atoms with Crippen LogP contribution in [0.3, 0.4) is 0 Å². The van der Waals surface area contributed by atoms with Crippen molar-refractivity contribution in [2.45, 2.75) is 58.0 Å². The van der Waals surface area contributed by atoms with Gasteiger partial charge in [0.1, 0.15) is 5.82 Å². The molecule has 1 atom stereocenters. The molecule has 0 unspecified atom stereocenters. The zero-order chi connectivity index (χ0) is 14.2. The number of H-pyrrole nitrogens is 1. The lowest BCUT2D eigenvalue weighted by Gasteiger charge is -2.20. The number of nitrogens with one attached hydrogen (secondary N) is 1. The smallest absolute Gasteiger partial charge is 0.223 e. The van der Waals surface area contributed by atoms with Gasteiger partial charge in [0, 0.05) is 12.6 Å². The number of fused-ring (bicyclic) bond motifs is 1. The second-order valence-electron chi connectivity index (χ2n) is 6.11. The lowest BCUT2D eigenvalue weighted by molar-refractivity contribution is 0.231. The van der Waals surface area contributed by atoms with Gasteiger partial charge in [-0.25, -0.2) is 4.98 Å². The van der Waals surface area contributed by atoms with E-state index in [9.17, 15) is 0 Å². The molecule has 6 nitrogen and oxygen atoms in total. The highest BCUT2D eigenvalue weighted by Gasteiger charge is 2.30. The number of aromatic amines is 1. The molecular weight excluding hydrogens is 266 g/mol. The van der Waals surface area contributed by atoms with E-state index in [1.54, 1.807) is 0 Å². The Kier molecular flexibility index (Phi) is 3.25. The summed E-state index contributed by atoms with van der Waals surface area (Å²) in [5.74, 6) is 2.55. The van der Waals surface area contributed by atoms with Crippen LogP contribution in [-0.4, -0.2) is 31.6 Å². The first-order valence-electron chi connectivity index (χ1n) is 7.90. The maximum atomic E-state index is 5.07. The Bertz CT molecular complexity index is 608. The van der Waals surface area contributed by atoms with Crippen molar-refractivity contribution in [2.24, 2.45) is 0 Å². The fraction of sp³-hybridized carbons (Fsp3) is 0.667. The van der Waals surface area contributed by atoms with E-state index in [0.717, 1.165) is 44.0 Å². The van der Waals surface area contributed by atoms with Crippen LogP contribution in [0.2, 0.25) is 0 Å². The highest BCUT2D eigenvalue weighted by atomic mass is 16.5. The molecule has 3 heterocycles. The molecule has 0 aromatic carbocycles. The molecule has 1 aliphatic heterocycles. The van der Waals surface area contributed by atoms with Crippen LogP contribution < -0.4 is 0 Å². The molecular formula is C15H21N5O. The van der Waals surface area contributed by atoms with Gasteiger partial charge in [-0.05, 0) is 45.1 Å². The molecule has 6 heteroatoms. The van der Waals surface area contributed by atoms with E-state index in [0.29, 0.717) is 11.9 Å². The lowest BCUT2D eigenvalue weighted by Crippen LogP contribution is -2.24. The molecule has 1 saturated heterocycles. The second-order valence-corrected chi connectivity index (χ2v) is 6.11. The second kappa shape index (κ2) is 5.26. The van der Waals surface area contributed by atoms with Crippen molar-refractivity contribution in [3.05, 3.63) is 28.9 Å². The van der Waals surface area contributed by atoms with Crippen LogP contribution >= 0.6 is 0 Å². The summed E-state index contributed by atoms with van der Waals surface area (Å²) in [5, 5.41) is 4.01. The number of aromatic nitrogens is 4. The van der Waals surface area contributed by atoms with Gasteiger partial charge in [-0.1, -0.05) is 5.16 Å². The first-order chi connectivity index (χ1) is 10.3. The number of hydrogen-bond acceptors (Lipinski definition) is 5. The van der Waals surface area contributed by atoms with Crippen LogP contribution in [0.25, 0.3) is 0 Å². The SMILES string of the molecule is Cc1nc(CN2CCC[C@H]2c2nc3c([nH]2)CCCC3)no1. The third kappa shape index (κ3) is 2.48. The molecule has 0 bridgehead atoms. The molecule has 4 rings (SSSR count). The molecule has 112 valence electrons. The molecule has 21 heavy (non-hydrogen) atoms. The van der Waals surface area contributed by atoms with E-state index in [1.807, 2.05) is 6.92 Å². The van der Waals surface area contributed by atoms with E-state index in [-0.39, 0.29) is 0 Å². The summed E-state index contributed by atoms with van der Waals surface area (Å²) in [4.78, 5) is 15.2. The quantitative estimate of drug-likeness (QED) is 0.938. The van der Waals surface area contributed by atoms with Crippen molar-refractivity contribution >= 4 is 0 Å². The summed E-state index contributed by atoms with van der Waals surface area (Å²) in [7, 11) is 0. The summed E-state index contributed by atoms with van der Waals surface area (Å²) >= 11 is 0. The van der Waals surface area contributed by atoms with Gasteiger partial charge < -0.3 is 9.51 Å². The van der Waals surface area contributed by atoms with Crippen molar-refractivity contribution < 1.29 is 4.52 Å². The van der Waals surface area contributed by atoms with Gasteiger partial charge in [-0.2, -0.15) is 4.98 Å². The van der Waals surface area contributed by atoms with Gasteiger partial charge in [-0.15, -0.1) is 0 Å². The maximum absolute atomic E-state index is 5.07. The number of imidazole rings is 1. The summed E-state index contributed by atoms with van der Waals surface area (Å²) in [6.07, 6.45) is 7.19. The van der Waals surface area contributed by atoms with Crippen LogP contribution in [0.1, 0.15) is 60.7 Å². The van der Waals surface area contributed by atoms with Crippen LogP contribution in [0.4, 0.5) is 0 Å². The first kappa shape index (κ1) is 13.0. The van der Waals surface area contributed by atoms with E-state index in [2.05, 4.69) is 20.0 Å². The third-order valence-electron chi connectivity index (χ3n) is 4.57. The molecule has 1 fully saturated rings. The van der Waals surface area contributed by atoms with E-state index < -0.39 is 0 Å². The maximum Gasteiger partial charge on any atom is 0.223 e. The Balaban J connectivity index is 1.54. The normalized spacial score (nSPS) is 22.6. The Hall–Kier alpha value is -1.69. The van der Waals surface area contributed by atoms with Gasteiger partial charge >= 0.3 is 0 Å².